The fourth-order valence-corrected chi connectivity index (χ4v) is 1.93. The predicted molar refractivity (Wildman–Crippen MR) is 31.9 cm³/mol. The molecule has 0 saturated heterocycles. The molecule has 0 aromatic heterocycles. The van der Waals surface area contributed by atoms with Crippen LogP contribution in [0, 0.1) is 0 Å². The molecule has 1 aliphatic rings. The van der Waals surface area contributed by atoms with E-state index in [1.807, 2.05) is 0 Å². The molecule has 0 amide bonds. The highest BCUT2D eigenvalue weighted by Crippen LogP contribution is 2.29. The SMILES string of the molecule is O=S(Cl)[C@H]1CC[C@H]1F. The molecule has 48 valence electrons. The van der Waals surface area contributed by atoms with Gasteiger partial charge in [0.15, 0.2) is 0 Å². The van der Waals surface area contributed by atoms with Crippen LogP contribution in [-0.4, -0.2) is 15.6 Å². The topological polar surface area (TPSA) is 17.1 Å². The largest absolute Gasteiger partial charge is 0.246 e. The number of hydrogen-bond donors (Lipinski definition) is 0. The zero-order valence-corrected chi connectivity index (χ0v) is 5.71. The van der Waals surface area contributed by atoms with Crippen molar-refractivity contribution in [3.8, 4) is 0 Å². The minimum absolute atomic E-state index is 0.378. The van der Waals surface area contributed by atoms with Gasteiger partial charge in [-0.05, 0) is 23.5 Å². The Balaban J connectivity index is 2.37. The third-order valence-corrected chi connectivity index (χ3v) is 3.06. The van der Waals surface area contributed by atoms with Crippen LogP contribution >= 0.6 is 10.7 Å². The van der Waals surface area contributed by atoms with E-state index in [2.05, 4.69) is 0 Å². The maximum Gasteiger partial charge on any atom is 0.121 e. The Morgan fingerprint density at radius 2 is 2.25 bits per heavy atom. The van der Waals surface area contributed by atoms with E-state index in [0.717, 1.165) is 0 Å². The van der Waals surface area contributed by atoms with Gasteiger partial charge in [0.2, 0.25) is 0 Å². The molecule has 1 unspecified atom stereocenters. The Kier molecular flexibility index (Phi) is 1.88. The summed E-state index contributed by atoms with van der Waals surface area (Å²) in [6.07, 6.45) is 0.300. The van der Waals surface area contributed by atoms with Gasteiger partial charge < -0.3 is 0 Å². The zero-order valence-electron chi connectivity index (χ0n) is 4.14. The van der Waals surface area contributed by atoms with Gasteiger partial charge in [-0.2, -0.15) is 0 Å². The molecule has 8 heavy (non-hydrogen) atoms. The second kappa shape index (κ2) is 2.31. The van der Waals surface area contributed by atoms with Crippen LogP contribution in [0.4, 0.5) is 4.39 Å². The monoisotopic (exact) mass is 156 g/mol. The average Bonchev–Trinajstić information content (AvgIpc) is 1.61. The molecule has 1 saturated carbocycles. The van der Waals surface area contributed by atoms with Gasteiger partial charge in [0.25, 0.3) is 0 Å². The number of halogens is 2. The molecule has 0 N–H and O–H groups in total. The first kappa shape index (κ1) is 6.49. The standard InChI is InChI=1S/C4H6ClFOS/c5-8(7)4-2-1-3(4)6/h3-4H,1-2H2/t3-,4+,8?/m1/s1. The molecular formula is C4H6ClFOS. The van der Waals surface area contributed by atoms with Gasteiger partial charge in [-0.3, -0.25) is 0 Å². The zero-order chi connectivity index (χ0) is 6.15. The van der Waals surface area contributed by atoms with E-state index in [1.54, 1.807) is 0 Å². The molecule has 4 heteroatoms. The van der Waals surface area contributed by atoms with Crippen LogP contribution in [0.1, 0.15) is 12.8 Å². The third kappa shape index (κ3) is 1.03. The maximum atomic E-state index is 12.2. The molecular weight excluding hydrogens is 151 g/mol. The minimum Gasteiger partial charge on any atom is -0.246 e. The second-order valence-corrected chi connectivity index (χ2v) is 3.89. The van der Waals surface area contributed by atoms with Crippen molar-refractivity contribution in [3.05, 3.63) is 0 Å². The van der Waals surface area contributed by atoms with Gasteiger partial charge in [0, 0.05) is 0 Å². The number of alkyl halides is 1. The third-order valence-electron chi connectivity index (χ3n) is 1.37. The van der Waals surface area contributed by atoms with Crippen molar-refractivity contribution >= 4 is 20.7 Å². The Morgan fingerprint density at radius 1 is 1.62 bits per heavy atom. The van der Waals surface area contributed by atoms with Gasteiger partial charge in [-0.25, -0.2) is 8.60 Å². The smallest absolute Gasteiger partial charge is 0.121 e. The predicted octanol–water partition coefficient (Wildman–Crippen LogP) is 1.39. The lowest BCUT2D eigenvalue weighted by molar-refractivity contribution is 0.220. The average molecular weight is 157 g/mol. The van der Waals surface area contributed by atoms with E-state index < -0.39 is 16.2 Å². The van der Waals surface area contributed by atoms with Crippen LogP contribution in [0.3, 0.4) is 0 Å². The van der Waals surface area contributed by atoms with Crippen molar-refractivity contribution < 1.29 is 8.60 Å². The van der Waals surface area contributed by atoms with Crippen molar-refractivity contribution in [1.29, 1.82) is 0 Å². The first-order valence-electron chi connectivity index (χ1n) is 2.42. The maximum absolute atomic E-state index is 12.2. The molecule has 1 aliphatic carbocycles. The van der Waals surface area contributed by atoms with Crippen molar-refractivity contribution in [1.82, 2.24) is 0 Å². The summed E-state index contributed by atoms with van der Waals surface area (Å²) in [7, 11) is 3.65. The highest BCUT2D eigenvalue weighted by molar-refractivity contribution is 8.08. The molecule has 0 aromatic carbocycles. The second-order valence-electron chi connectivity index (χ2n) is 1.88. The van der Waals surface area contributed by atoms with Crippen molar-refractivity contribution in [2.24, 2.45) is 0 Å². The van der Waals surface area contributed by atoms with Crippen LogP contribution in [0.5, 0.6) is 0 Å². The lowest BCUT2D eigenvalue weighted by Crippen LogP contribution is -2.34. The minimum atomic E-state index is -1.46. The van der Waals surface area contributed by atoms with Crippen molar-refractivity contribution in [3.63, 3.8) is 0 Å². The van der Waals surface area contributed by atoms with Crippen LogP contribution in [0.2, 0.25) is 0 Å². The van der Waals surface area contributed by atoms with Crippen molar-refractivity contribution in [2.45, 2.75) is 24.3 Å². The van der Waals surface area contributed by atoms with Gasteiger partial charge >= 0.3 is 0 Å². The van der Waals surface area contributed by atoms with E-state index >= 15 is 0 Å². The molecule has 3 atom stereocenters. The van der Waals surface area contributed by atoms with Crippen LogP contribution in [-0.2, 0) is 10.0 Å². The Bertz CT molecular complexity index is 119. The summed E-state index contributed by atoms with van der Waals surface area (Å²) in [6.45, 7) is 0. The quantitative estimate of drug-likeness (QED) is 0.525. The molecule has 1 nitrogen and oxygen atoms in total. The summed E-state index contributed by atoms with van der Waals surface area (Å²) in [5.41, 5.74) is 0. The summed E-state index contributed by atoms with van der Waals surface area (Å²) in [5, 5.41) is -0.378. The van der Waals surface area contributed by atoms with Crippen LogP contribution in [0.15, 0.2) is 0 Å². The molecule has 0 radical (unpaired) electrons. The van der Waals surface area contributed by atoms with E-state index in [0.29, 0.717) is 12.8 Å². The Labute approximate surface area is 54.2 Å². The van der Waals surface area contributed by atoms with Crippen LogP contribution in [0.25, 0.3) is 0 Å². The fraction of sp³-hybridized carbons (Fsp3) is 1.00. The molecule has 1 fully saturated rings. The van der Waals surface area contributed by atoms with E-state index in [9.17, 15) is 8.60 Å². The molecule has 0 heterocycles. The van der Waals surface area contributed by atoms with Gasteiger partial charge in [0.05, 0.1) is 5.25 Å². The lowest BCUT2D eigenvalue weighted by atomic mass is 9.97. The van der Waals surface area contributed by atoms with Crippen molar-refractivity contribution in [2.75, 3.05) is 0 Å². The Hall–Kier alpha value is 0.370. The van der Waals surface area contributed by atoms with Gasteiger partial charge in [-0.1, -0.05) is 0 Å². The van der Waals surface area contributed by atoms with E-state index in [-0.39, 0.29) is 5.25 Å². The molecule has 0 aliphatic heterocycles. The first-order valence-corrected chi connectivity index (χ1v) is 4.46. The van der Waals surface area contributed by atoms with Crippen LogP contribution < -0.4 is 0 Å². The normalized spacial score (nSPS) is 40.8. The molecule has 0 bridgehead atoms. The first-order chi connectivity index (χ1) is 3.72. The molecule has 0 aromatic rings. The summed E-state index contributed by atoms with van der Waals surface area (Å²) >= 11 is 0. The summed E-state index contributed by atoms with van der Waals surface area (Å²) in [6, 6.07) is 0. The summed E-state index contributed by atoms with van der Waals surface area (Å²) < 4.78 is 22.4. The summed E-state index contributed by atoms with van der Waals surface area (Å²) in [4.78, 5) is 0. The number of rotatable bonds is 1. The van der Waals surface area contributed by atoms with E-state index in [1.165, 1.54) is 0 Å². The van der Waals surface area contributed by atoms with E-state index in [4.69, 9.17) is 10.7 Å². The fourth-order valence-electron chi connectivity index (χ4n) is 0.637. The number of hydrogen-bond acceptors (Lipinski definition) is 1. The Morgan fingerprint density at radius 3 is 2.25 bits per heavy atom. The lowest BCUT2D eigenvalue weighted by Gasteiger charge is -2.26. The van der Waals surface area contributed by atoms with Gasteiger partial charge in [-0.15, -0.1) is 0 Å². The highest BCUT2D eigenvalue weighted by Gasteiger charge is 2.34. The molecule has 0 spiro atoms. The summed E-state index contributed by atoms with van der Waals surface area (Å²) in [5.74, 6) is 0. The van der Waals surface area contributed by atoms with Gasteiger partial charge in [0.1, 0.15) is 16.2 Å². The highest BCUT2D eigenvalue weighted by atomic mass is 35.7. The molecule has 1 rings (SSSR count).